The van der Waals surface area contributed by atoms with Gasteiger partial charge in [-0.05, 0) is 6.92 Å². The number of nitrogens with zero attached hydrogens (tertiary/aromatic N) is 1. The molecule has 1 aromatic rings. The third kappa shape index (κ3) is 3.26. The molecule has 2 rings (SSSR count). The number of hydrogen-bond donors (Lipinski definition) is 2. The van der Waals surface area contributed by atoms with Gasteiger partial charge < -0.3 is 20.7 Å². The summed E-state index contributed by atoms with van der Waals surface area (Å²) in [6, 6.07) is 0. The van der Waals surface area contributed by atoms with Crippen LogP contribution in [0.3, 0.4) is 0 Å². The molecule has 0 atom stereocenters. The molecule has 1 aromatic heterocycles. The topological polar surface area (TPSA) is 84.7 Å². The van der Waals surface area contributed by atoms with Crippen molar-refractivity contribution in [2.45, 2.75) is 6.92 Å². The summed E-state index contributed by atoms with van der Waals surface area (Å²) in [4.78, 5) is 26.6. The van der Waals surface area contributed by atoms with Gasteiger partial charge in [-0.25, -0.2) is 4.79 Å². The Balaban J connectivity index is 2.45. The van der Waals surface area contributed by atoms with Gasteiger partial charge in [0, 0.05) is 31.6 Å². The number of anilines is 2. The van der Waals surface area contributed by atoms with Crippen LogP contribution in [0.1, 0.15) is 27.0 Å². The zero-order valence-corrected chi connectivity index (χ0v) is 13.7. The summed E-state index contributed by atoms with van der Waals surface area (Å²) in [7, 11) is 1.54. The SMILES string of the molecule is CCOC(=O)c1c(N2CCSCC2)sc(C(=O)NC)c1N. The van der Waals surface area contributed by atoms with Crippen LogP contribution in [0.2, 0.25) is 0 Å². The van der Waals surface area contributed by atoms with Gasteiger partial charge in [0.1, 0.15) is 15.4 Å². The summed E-state index contributed by atoms with van der Waals surface area (Å²) in [6.07, 6.45) is 0. The van der Waals surface area contributed by atoms with Crippen molar-refractivity contribution in [2.75, 3.05) is 48.9 Å². The molecule has 8 heteroatoms. The van der Waals surface area contributed by atoms with Crippen LogP contribution in [0.15, 0.2) is 0 Å². The number of esters is 1. The van der Waals surface area contributed by atoms with E-state index in [0.29, 0.717) is 10.4 Å². The second-order valence-corrected chi connectivity index (χ2v) is 6.65. The molecule has 1 amide bonds. The van der Waals surface area contributed by atoms with E-state index in [4.69, 9.17) is 10.5 Å². The van der Waals surface area contributed by atoms with E-state index in [1.54, 1.807) is 14.0 Å². The number of nitrogens with one attached hydrogen (secondary N) is 1. The molecule has 2 heterocycles. The maximum Gasteiger partial charge on any atom is 0.343 e. The molecule has 0 aromatic carbocycles. The van der Waals surface area contributed by atoms with Gasteiger partial charge in [0.2, 0.25) is 0 Å². The molecular weight excluding hydrogens is 310 g/mol. The lowest BCUT2D eigenvalue weighted by Crippen LogP contribution is -2.33. The average molecular weight is 329 g/mol. The van der Waals surface area contributed by atoms with Gasteiger partial charge in [-0.1, -0.05) is 0 Å². The molecule has 1 saturated heterocycles. The second kappa shape index (κ2) is 7.04. The Morgan fingerprint density at radius 3 is 2.62 bits per heavy atom. The van der Waals surface area contributed by atoms with E-state index in [1.165, 1.54) is 11.3 Å². The van der Waals surface area contributed by atoms with Crippen LogP contribution in [0.25, 0.3) is 0 Å². The minimum Gasteiger partial charge on any atom is -0.462 e. The molecule has 3 N–H and O–H groups in total. The molecule has 1 aliphatic rings. The summed E-state index contributed by atoms with van der Waals surface area (Å²) in [5.74, 6) is 1.25. The van der Waals surface area contributed by atoms with Gasteiger partial charge in [-0.2, -0.15) is 11.8 Å². The van der Waals surface area contributed by atoms with Crippen molar-refractivity contribution in [1.82, 2.24) is 5.32 Å². The van der Waals surface area contributed by atoms with Crippen molar-refractivity contribution in [3.05, 3.63) is 10.4 Å². The fourth-order valence-corrected chi connectivity index (χ4v) is 4.21. The zero-order chi connectivity index (χ0) is 15.4. The predicted octanol–water partition coefficient (Wildman–Crippen LogP) is 1.42. The van der Waals surface area contributed by atoms with E-state index >= 15 is 0 Å². The molecule has 6 nitrogen and oxygen atoms in total. The van der Waals surface area contributed by atoms with Crippen LogP contribution in [0.5, 0.6) is 0 Å². The van der Waals surface area contributed by atoms with Gasteiger partial charge in [0.15, 0.2) is 0 Å². The molecule has 0 bridgehead atoms. The number of amides is 1. The maximum atomic E-state index is 12.2. The Hall–Kier alpha value is -1.41. The smallest absolute Gasteiger partial charge is 0.343 e. The molecule has 1 aliphatic heterocycles. The van der Waals surface area contributed by atoms with Crippen molar-refractivity contribution < 1.29 is 14.3 Å². The van der Waals surface area contributed by atoms with Crippen LogP contribution in [-0.4, -0.2) is 50.1 Å². The largest absolute Gasteiger partial charge is 0.462 e. The molecule has 0 spiro atoms. The van der Waals surface area contributed by atoms with Crippen LogP contribution in [0.4, 0.5) is 10.7 Å². The fourth-order valence-electron chi connectivity index (χ4n) is 2.10. The van der Waals surface area contributed by atoms with Gasteiger partial charge in [0.25, 0.3) is 5.91 Å². The standard InChI is InChI=1S/C13H19N3O3S2/c1-3-19-13(18)8-9(14)10(11(17)15-2)21-12(8)16-4-6-20-7-5-16/h3-7,14H2,1-2H3,(H,15,17). The number of thioether (sulfide) groups is 1. The third-order valence-corrected chi connectivity index (χ3v) is 5.35. The van der Waals surface area contributed by atoms with Crippen molar-refractivity contribution in [1.29, 1.82) is 0 Å². The van der Waals surface area contributed by atoms with Gasteiger partial charge >= 0.3 is 5.97 Å². The highest BCUT2D eigenvalue weighted by Gasteiger charge is 2.29. The van der Waals surface area contributed by atoms with Gasteiger partial charge in [-0.15, -0.1) is 11.3 Å². The van der Waals surface area contributed by atoms with Crippen LogP contribution in [-0.2, 0) is 4.74 Å². The first-order chi connectivity index (χ1) is 10.1. The Labute approximate surface area is 132 Å². The maximum absolute atomic E-state index is 12.2. The van der Waals surface area contributed by atoms with E-state index in [1.807, 2.05) is 11.8 Å². The first kappa shape index (κ1) is 16.0. The molecule has 21 heavy (non-hydrogen) atoms. The monoisotopic (exact) mass is 329 g/mol. The van der Waals surface area contributed by atoms with Crippen LogP contribution < -0.4 is 16.0 Å². The van der Waals surface area contributed by atoms with E-state index < -0.39 is 5.97 Å². The molecule has 0 saturated carbocycles. The number of carbonyl (C=O) groups excluding carboxylic acids is 2. The second-order valence-electron chi connectivity index (χ2n) is 4.42. The lowest BCUT2D eigenvalue weighted by molar-refractivity contribution is 0.0529. The van der Waals surface area contributed by atoms with Crippen LogP contribution in [0, 0.1) is 0 Å². The number of carbonyl (C=O) groups is 2. The quantitative estimate of drug-likeness (QED) is 0.813. The molecule has 0 radical (unpaired) electrons. The van der Waals surface area contributed by atoms with E-state index in [-0.39, 0.29) is 18.2 Å². The third-order valence-electron chi connectivity index (χ3n) is 3.14. The van der Waals surface area contributed by atoms with Gasteiger partial charge in [-0.3, -0.25) is 4.79 Å². The summed E-state index contributed by atoms with van der Waals surface area (Å²) in [5, 5.41) is 3.29. The van der Waals surface area contributed by atoms with E-state index in [9.17, 15) is 9.59 Å². The summed E-state index contributed by atoms with van der Waals surface area (Å²) in [5.41, 5.74) is 6.58. The van der Waals surface area contributed by atoms with E-state index in [0.717, 1.165) is 29.6 Å². The van der Waals surface area contributed by atoms with Gasteiger partial charge in [0.05, 0.1) is 12.3 Å². The first-order valence-corrected chi connectivity index (χ1v) is 8.71. The number of ether oxygens (including phenoxy) is 1. The molecule has 0 aliphatic carbocycles. The normalized spacial score (nSPS) is 14.9. The summed E-state index contributed by atoms with van der Waals surface area (Å²) < 4.78 is 5.09. The minimum absolute atomic E-state index is 0.214. The highest BCUT2D eigenvalue weighted by molar-refractivity contribution is 7.99. The predicted molar refractivity (Wildman–Crippen MR) is 87.6 cm³/mol. The average Bonchev–Trinajstić information content (AvgIpc) is 2.85. The van der Waals surface area contributed by atoms with Crippen molar-refractivity contribution in [2.24, 2.45) is 0 Å². The molecule has 0 unspecified atom stereocenters. The molecule has 1 fully saturated rings. The Morgan fingerprint density at radius 2 is 2.05 bits per heavy atom. The van der Waals surface area contributed by atoms with E-state index in [2.05, 4.69) is 10.2 Å². The Kier molecular flexibility index (Phi) is 5.35. The van der Waals surface area contributed by atoms with Crippen molar-refractivity contribution in [3.8, 4) is 0 Å². The summed E-state index contributed by atoms with van der Waals surface area (Å²) >= 11 is 3.13. The number of rotatable bonds is 4. The number of nitrogen functional groups attached to an aromatic ring is 1. The minimum atomic E-state index is -0.463. The first-order valence-electron chi connectivity index (χ1n) is 6.74. The molecular formula is C13H19N3O3S2. The van der Waals surface area contributed by atoms with Crippen molar-refractivity contribution in [3.63, 3.8) is 0 Å². The number of hydrogen-bond acceptors (Lipinski definition) is 7. The zero-order valence-electron chi connectivity index (χ0n) is 12.1. The summed E-state index contributed by atoms with van der Waals surface area (Å²) in [6.45, 7) is 3.70. The number of nitrogens with two attached hydrogens (primary N) is 1. The fraction of sp³-hybridized carbons (Fsp3) is 0.538. The van der Waals surface area contributed by atoms with Crippen molar-refractivity contribution >= 4 is 45.7 Å². The highest BCUT2D eigenvalue weighted by atomic mass is 32.2. The highest BCUT2D eigenvalue weighted by Crippen LogP contribution is 2.39. The Bertz CT molecular complexity index is 539. The Morgan fingerprint density at radius 1 is 1.38 bits per heavy atom. The van der Waals surface area contributed by atoms with Crippen LogP contribution >= 0.6 is 23.1 Å². The number of thiophene rings is 1. The molecule has 116 valence electrons. The lowest BCUT2D eigenvalue weighted by Gasteiger charge is -2.27. The lowest BCUT2D eigenvalue weighted by atomic mass is 10.2.